The lowest BCUT2D eigenvalue weighted by molar-refractivity contribution is 0.453. The van der Waals surface area contributed by atoms with Crippen LogP contribution in [-0.2, 0) is 6.42 Å². The minimum atomic E-state index is 0.207. The van der Waals surface area contributed by atoms with Crippen molar-refractivity contribution in [1.82, 2.24) is 10.3 Å². The molecule has 0 saturated carbocycles. The van der Waals surface area contributed by atoms with Gasteiger partial charge in [-0.15, -0.1) is 0 Å². The molecule has 0 fully saturated rings. The van der Waals surface area contributed by atoms with Crippen LogP contribution < -0.4 is 5.32 Å². The van der Waals surface area contributed by atoms with Crippen LogP contribution in [0.5, 0.6) is 0 Å². The lowest BCUT2D eigenvalue weighted by atomic mass is 10.2. The third kappa shape index (κ3) is 2.89. The van der Waals surface area contributed by atoms with Crippen LogP contribution >= 0.6 is 0 Å². The van der Waals surface area contributed by atoms with Crippen molar-refractivity contribution in [3.8, 4) is 0 Å². The van der Waals surface area contributed by atoms with Crippen LogP contribution in [0, 0.1) is 0 Å². The monoisotopic (exact) mass is 266 g/mol. The summed E-state index contributed by atoms with van der Waals surface area (Å²) in [6, 6.07) is 14.5. The summed E-state index contributed by atoms with van der Waals surface area (Å²) >= 11 is 0. The molecule has 3 aromatic rings. The molecule has 3 nitrogen and oxygen atoms in total. The smallest absolute Gasteiger partial charge is 0.134 e. The van der Waals surface area contributed by atoms with Gasteiger partial charge in [0.25, 0.3) is 0 Å². The Morgan fingerprint density at radius 2 is 2.10 bits per heavy atom. The molecule has 1 atom stereocenters. The molecule has 0 radical (unpaired) electrons. The Balaban J connectivity index is 1.60. The quantitative estimate of drug-likeness (QED) is 0.764. The molecule has 0 spiro atoms. The first kappa shape index (κ1) is 12.9. The van der Waals surface area contributed by atoms with Gasteiger partial charge in [0, 0.05) is 17.8 Å². The van der Waals surface area contributed by atoms with Gasteiger partial charge in [0.1, 0.15) is 11.3 Å². The molecule has 1 unspecified atom stereocenters. The van der Waals surface area contributed by atoms with Crippen LogP contribution in [0.25, 0.3) is 11.0 Å². The minimum absolute atomic E-state index is 0.207. The van der Waals surface area contributed by atoms with Crippen LogP contribution in [0.1, 0.15) is 24.3 Å². The minimum Gasteiger partial charge on any atom is -0.459 e. The number of hydrogen-bond acceptors (Lipinski definition) is 3. The number of fused-ring (bicyclic) bond motifs is 1. The number of hydrogen-bond donors (Lipinski definition) is 1. The molecule has 0 aliphatic heterocycles. The van der Waals surface area contributed by atoms with Crippen LogP contribution in [-0.4, -0.2) is 11.5 Å². The van der Waals surface area contributed by atoms with Crippen molar-refractivity contribution in [3.05, 3.63) is 66.2 Å². The highest BCUT2D eigenvalue weighted by Gasteiger charge is 2.10. The number of pyridine rings is 1. The van der Waals surface area contributed by atoms with E-state index in [0.29, 0.717) is 0 Å². The van der Waals surface area contributed by atoms with Crippen molar-refractivity contribution in [2.75, 3.05) is 6.54 Å². The molecule has 20 heavy (non-hydrogen) atoms. The molecule has 0 amide bonds. The molecule has 3 heteroatoms. The van der Waals surface area contributed by atoms with E-state index in [0.717, 1.165) is 29.7 Å². The predicted octanol–water partition coefficient (Wildman–Crippen LogP) is 3.72. The molecule has 2 heterocycles. The van der Waals surface area contributed by atoms with Crippen molar-refractivity contribution in [2.45, 2.75) is 19.4 Å². The van der Waals surface area contributed by atoms with Gasteiger partial charge in [0.15, 0.2) is 0 Å². The summed E-state index contributed by atoms with van der Waals surface area (Å²) in [5, 5.41) is 4.64. The van der Waals surface area contributed by atoms with Gasteiger partial charge in [0.05, 0.1) is 6.04 Å². The summed E-state index contributed by atoms with van der Waals surface area (Å²) in [5.74, 6) is 0.984. The van der Waals surface area contributed by atoms with Crippen molar-refractivity contribution >= 4 is 11.0 Å². The van der Waals surface area contributed by atoms with E-state index in [9.17, 15) is 0 Å². The lowest BCUT2D eigenvalue weighted by Gasteiger charge is -2.10. The molecular formula is C17H18N2O. The number of nitrogens with zero attached hydrogens (tertiary/aromatic N) is 1. The highest BCUT2D eigenvalue weighted by molar-refractivity contribution is 5.77. The number of aromatic nitrogens is 1. The molecule has 0 aliphatic rings. The van der Waals surface area contributed by atoms with Gasteiger partial charge in [0.2, 0.25) is 0 Å². The standard InChI is InChI=1S/C17H18N2O/c1-13(19-10-8-14-5-4-9-18-12-14)17-11-15-6-2-3-7-16(15)20-17/h2-7,9,11-13,19H,8,10H2,1H3. The highest BCUT2D eigenvalue weighted by Crippen LogP contribution is 2.23. The van der Waals surface area contributed by atoms with E-state index in [1.54, 1.807) is 6.20 Å². The maximum Gasteiger partial charge on any atom is 0.134 e. The number of furan rings is 1. The molecular weight excluding hydrogens is 248 g/mol. The summed E-state index contributed by atoms with van der Waals surface area (Å²) in [5.41, 5.74) is 2.19. The van der Waals surface area contributed by atoms with Gasteiger partial charge in [-0.1, -0.05) is 24.3 Å². The van der Waals surface area contributed by atoms with Gasteiger partial charge in [-0.3, -0.25) is 4.98 Å². The molecule has 1 aromatic carbocycles. The molecule has 0 bridgehead atoms. The van der Waals surface area contributed by atoms with Gasteiger partial charge in [-0.05, 0) is 43.7 Å². The molecule has 2 aromatic heterocycles. The van der Waals surface area contributed by atoms with Crippen molar-refractivity contribution in [3.63, 3.8) is 0 Å². The first-order valence-electron chi connectivity index (χ1n) is 6.94. The second kappa shape index (κ2) is 5.88. The van der Waals surface area contributed by atoms with Gasteiger partial charge >= 0.3 is 0 Å². The van der Waals surface area contributed by atoms with E-state index < -0.39 is 0 Å². The Kier molecular flexibility index (Phi) is 3.79. The summed E-state index contributed by atoms with van der Waals surface area (Å²) in [6.45, 7) is 3.03. The maximum atomic E-state index is 5.86. The van der Waals surface area contributed by atoms with E-state index in [2.05, 4.69) is 35.4 Å². The second-order valence-corrected chi connectivity index (χ2v) is 4.97. The Morgan fingerprint density at radius 1 is 1.20 bits per heavy atom. The number of nitrogens with one attached hydrogen (secondary N) is 1. The third-order valence-corrected chi connectivity index (χ3v) is 3.46. The highest BCUT2D eigenvalue weighted by atomic mass is 16.3. The van der Waals surface area contributed by atoms with Crippen molar-refractivity contribution < 1.29 is 4.42 Å². The van der Waals surface area contributed by atoms with Crippen molar-refractivity contribution in [1.29, 1.82) is 0 Å². The molecule has 0 aliphatic carbocycles. The molecule has 102 valence electrons. The summed E-state index contributed by atoms with van der Waals surface area (Å²) in [6.07, 6.45) is 4.68. The van der Waals surface area contributed by atoms with E-state index in [4.69, 9.17) is 4.42 Å². The first-order valence-corrected chi connectivity index (χ1v) is 6.94. The number of rotatable bonds is 5. The van der Waals surface area contributed by atoms with Gasteiger partial charge < -0.3 is 9.73 Å². The third-order valence-electron chi connectivity index (χ3n) is 3.46. The molecule has 0 saturated heterocycles. The number of para-hydroxylation sites is 1. The van der Waals surface area contributed by atoms with Crippen molar-refractivity contribution in [2.24, 2.45) is 0 Å². The van der Waals surface area contributed by atoms with Gasteiger partial charge in [-0.2, -0.15) is 0 Å². The summed E-state index contributed by atoms with van der Waals surface area (Å²) < 4.78 is 5.86. The fraction of sp³-hybridized carbons (Fsp3) is 0.235. The zero-order valence-electron chi connectivity index (χ0n) is 11.5. The fourth-order valence-corrected chi connectivity index (χ4v) is 2.30. The predicted molar refractivity (Wildman–Crippen MR) is 80.6 cm³/mol. The van der Waals surface area contributed by atoms with E-state index in [-0.39, 0.29) is 6.04 Å². The maximum absolute atomic E-state index is 5.86. The normalized spacial score (nSPS) is 12.7. The Hall–Kier alpha value is -2.13. The van der Waals surface area contributed by atoms with Gasteiger partial charge in [-0.25, -0.2) is 0 Å². The average molecular weight is 266 g/mol. The van der Waals surface area contributed by atoms with Crippen LogP contribution in [0.3, 0.4) is 0 Å². The lowest BCUT2D eigenvalue weighted by Crippen LogP contribution is -2.20. The van der Waals surface area contributed by atoms with E-state index >= 15 is 0 Å². The first-order chi connectivity index (χ1) is 9.83. The zero-order chi connectivity index (χ0) is 13.8. The van der Waals surface area contributed by atoms with Crippen LogP contribution in [0.4, 0.5) is 0 Å². The SMILES string of the molecule is CC(NCCc1cccnc1)c1cc2ccccc2o1. The average Bonchev–Trinajstić information content (AvgIpc) is 2.92. The molecule has 3 rings (SSSR count). The van der Waals surface area contributed by atoms with E-state index in [1.807, 2.05) is 30.5 Å². The van der Waals surface area contributed by atoms with E-state index in [1.165, 1.54) is 5.56 Å². The fourth-order valence-electron chi connectivity index (χ4n) is 2.30. The topological polar surface area (TPSA) is 38.1 Å². The Morgan fingerprint density at radius 3 is 2.90 bits per heavy atom. The summed E-state index contributed by atoms with van der Waals surface area (Å²) in [7, 11) is 0. The Bertz CT molecular complexity index is 643. The number of benzene rings is 1. The largest absolute Gasteiger partial charge is 0.459 e. The molecule has 1 N–H and O–H groups in total. The Labute approximate surface area is 118 Å². The van der Waals surface area contributed by atoms with Crippen LogP contribution in [0.2, 0.25) is 0 Å². The summed E-state index contributed by atoms with van der Waals surface area (Å²) in [4.78, 5) is 4.12. The van der Waals surface area contributed by atoms with Crippen LogP contribution in [0.15, 0.2) is 59.3 Å². The zero-order valence-corrected chi connectivity index (χ0v) is 11.5. The second-order valence-electron chi connectivity index (χ2n) is 4.97.